The minimum Gasteiger partial charge on any atom is -0.379 e. The van der Waals surface area contributed by atoms with Crippen molar-refractivity contribution in [3.05, 3.63) is 62.6 Å². The van der Waals surface area contributed by atoms with E-state index in [1.165, 1.54) is 5.56 Å². The lowest BCUT2D eigenvalue weighted by molar-refractivity contribution is -0.121. The molecule has 1 amide bonds. The summed E-state index contributed by atoms with van der Waals surface area (Å²) in [6.07, 6.45) is 0.666. The number of aromatic amines is 1. The first kappa shape index (κ1) is 22.2. The van der Waals surface area contributed by atoms with Crippen molar-refractivity contribution < 1.29 is 9.53 Å². The average Bonchev–Trinajstić information content (AvgIpc) is 3.07. The Balaban J connectivity index is 1.31. The van der Waals surface area contributed by atoms with Crippen molar-refractivity contribution >= 4 is 16.9 Å². The van der Waals surface area contributed by atoms with Gasteiger partial charge in [-0.15, -0.1) is 0 Å². The fourth-order valence-corrected chi connectivity index (χ4v) is 4.36. The van der Waals surface area contributed by atoms with Crippen LogP contribution in [-0.4, -0.2) is 51.9 Å². The van der Waals surface area contributed by atoms with Gasteiger partial charge >= 0.3 is 0 Å². The fraction of sp³-hybridized carbons (Fsp3) is 0.458. The van der Waals surface area contributed by atoms with Crippen LogP contribution in [0.5, 0.6) is 0 Å². The van der Waals surface area contributed by atoms with E-state index in [-0.39, 0.29) is 17.9 Å². The van der Waals surface area contributed by atoms with Gasteiger partial charge in [-0.05, 0) is 37.0 Å². The van der Waals surface area contributed by atoms with Gasteiger partial charge in [-0.2, -0.15) is 5.10 Å². The van der Waals surface area contributed by atoms with Gasteiger partial charge in [-0.1, -0.05) is 24.3 Å². The number of morpholine rings is 1. The van der Waals surface area contributed by atoms with E-state index in [1.54, 1.807) is 4.68 Å². The zero-order chi connectivity index (χ0) is 22.7. The molecule has 1 aliphatic rings. The van der Waals surface area contributed by atoms with Crippen LogP contribution in [0.25, 0.3) is 11.0 Å². The number of hydrogen-bond donors (Lipinski definition) is 2. The first-order chi connectivity index (χ1) is 15.4. The zero-order valence-corrected chi connectivity index (χ0v) is 19.0. The predicted molar refractivity (Wildman–Crippen MR) is 124 cm³/mol. The number of carbonyl (C=O) groups excluding carboxylic acids is 1. The van der Waals surface area contributed by atoms with Crippen molar-refractivity contribution in [2.75, 3.05) is 26.3 Å². The van der Waals surface area contributed by atoms with Crippen LogP contribution < -0.4 is 10.9 Å². The summed E-state index contributed by atoms with van der Waals surface area (Å²) in [4.78, 5) is 30.3. The molecule has 3 heterocycles. The van der Waals surface area contributed by atoms with Gasteiger partial charge in [-0.25, -0.2) is 0 Å². The van der Waals surface area contributed by atoms with E-state index in [1.807, 2.05) is 20.9 Å². The first-order valence-corrected chi connectivity index (χ1v) is 11.1. The maximum Gasteiger partial charge on any atom is 0.253 e. The van der Waals surface area contributed by atoms with E-state index in [9.17, 15) is 9.59 Å². The third-order valence-electron chi connectivity index (χ3n) is 6.18. The molecule has 1 fully saturated rings. The molecule has 1 aromatic carbocycles. The van der Waals surface area contributed by atoms with Crippen LogP contribution in [0.4, 0.5) is 0 Å². The average molecular weight is 438 g/mol. The molecule has 170 valence electrons. The van der Waals surface area contributed by atoms with E-state index >= 15 is 0 Å². The summed E-state index contributed by atoms with van der Waals surface area (Å²) < 4.78 is 7.07. The van der Waals surface area contributed by atoms with Crippen molar-refractivity contribution in [3.8, 4) is 0 Å². The van der Waals surface area contributed by atoms with Crippen molar-refractivity contribution in [1.29, 1.82) is 0 Å². The number of nitrogens with zero attached hydrogens (tertiary/aromatic N) is 3. The third-order valence-corrected chi connectivity index (χ3v) is 6.18. The van der Waals surface area contributed by atoms with Gasteiger partial charge in [0.2, 0.25) is 5.91 Å². The van der Waals surface area contributed by atoms with E-state index in [4.69, 9.17) is 4.74 Å². The van der Waals surface area contributed by atoms with Gasteiger partial charge in [0.05, 0.1) is 18.9 Å². The van der Waals surface area contributed by atoms with E-state index in [0.29, 0.717) is 18.5 Å². The lowest BCUT2D eigenvalue weighted by atomic mass is 10.0. The quantitative estimate of drug-likeness (QED) is 0.590. The number of aryl methyl sites for hydroxylation is 3. The molecule has 1 saturated heterocycles. The molecular weight excluding hydrogens is 406 g/mol. The molecule has 0 bridgehead atoms. The normalized spacial score (nSPS) is 14.7. The molecule has 8 nitrogen and oxygen atoms in total. The molecule has 0 aliphatic carbocycles. The van der Waals surface area contributed by atoms with Crippen LogP contribution in [-0.2, 0) is 36.1 Å². The second kappa shape index (κ2) is 9.67. The molecular formula is C24H31N5O3. The van der Waals surface area contributed by atoms with Crippen molar-refractivity contribution in [3.63, 3.8) is 0 Å². The summed E-state index contributed by atoms with van der Waals surface area (Å²) in [5.74, 6) is -0.0656. The van der Waals surface area contributed by atoms with Gasteiger partial charge in [0.25, 0.3) is 5.56 Å². The van der Waals surface area contributed by atoms with Gasteiger partial charge in [0.1, 0.15) is 5.65 Å². The van der Waals surface area contributed by atoms with Crippen LogP contribution in [0.3, 0.4) is 0 Å². The highest BCUT2D eigenvalue weighted by molar-refractivity contribution is 5.83. The number of fused-ring (bicyclic) bond motifs is 1. The van der Waals surface area contributed by atoms with Crippen molar-refractivity contribution in [2.24, 2.45) is 7.05 Å². The number of nitrogens with one attached hydrogen (secondary N) is 2. The largest absolute Gasteiger partial charge is 0.379 e. The molecule has 8 heteroatoms. The fourth-order valence-electron chi connectivity index (χ4n) is 4.36. The Morgan fingerprint density at radius 2 is 1.84 bits per heavy atom. The number of aromatic nitrogens is 3. The maximum atomic E-state index is 12.5. The SMILES string of the molecule is Cc1nn(C)c2[nH]c(=O)c(CCC(=O)NCc3ccc(CN4CCOCC4)cc3)c(C)c12. The highest BCUT2D eigenvalue weighted by Crippen LogP contribution is 2.21. The Kier molecular flexibility index (Phi) is 6.72. The number of H-pyrrole nitrogens is 1. The summed E-state index contributed by atoms with van der Waals surface area (Å²) in [6, 6.07) is 8.35. The van der Waals surface area contributed by atoms with Crippen LogP contribution >= 0.6 is 0 Å². The summed E-state index contributed by atoms with van der Waals surface area (Å²) in [6.45, 7) is 8.78. The van der Waals surface area contributed by atoms with E-state index < -0.39 is 0 Å². The molecule has 4 rings (SSSR count). The molecule has 2 N–H and O–H groups in total. The number of amides is 1. The summed E-state index contributed by atoms with van der Waals surface area (Å²) in [5, 5.41) is 8.31. The Morgan fingerprint density at radius 1 is 1.16 bits per heavy atom. The number of rotatable bonds is 7. The third kappa shape index (κ3) is 4.92. The Morgan fingerprint density at radius 3 is 2.56 bits per heavy atom. The van der Waals surface area contributed by atoms with Gasteiger partial charge < -0.3 is 15.0 Å². The molecule has 3 aromatic rings. The molecule has 0 radical (unpaired) electrons. The van der Waals surface area contributed by atoms with Gasteiger partial charge in [0.15, 0.2) is 0 Å². The molecule has 1 aliphatic heterocycles. The van der Waals surface area contributed by atoms with Crippen LogP contribution in [0.1, 0.15) is 34.4 Å². The summed E-state index contributed by atoms with van der Waals surface area (Å²) in [5.41, 5.74) is 5.31. The molecule has 2 aromatic heterocycles. The van der Waals surface area contributed by atoms with E-state index in [2.05, 4.69) is 44.6 Å². The zero-order valence-electron chi connectivity index (χ0n) is 19.0. The minimum atomic E-state index is -0.151. The second-order valence-electron chi connectivity index (χ2n) is 8.47. The Hall–Kier alpha value is -2.97. The predicted octanol–water partition coefficient (Wildman–Crippen LogP) is 1.96. The monoisotopic (exact) mass is 437 g/mol. The minimum absolute atomic E-state index is 0.0656. The van der Waals surface area contributed by atoms with Gasteiger partial charge in [-0.3, -0.25) is 19.2 Å². The van der Waals surface area contributed by atoms with Crippen LogP contribution in [0.2, 0.25) is 0 Å². The first-order valence-electron chi connectivity index (χ1n) is 11.1. The molecule has 0 spiro atoms. The smallest absolute Gasteiger partial charge is 0.253 e. The molecule has 0 atom stereocenters. The lowest BCUT2D eigenvalue weighted by Crippen LogP contribution is -2.35. The molecule has 0 saturated carbocycles. The number of benzene rings is 1. The highest BCUT2D eigenvalue weighted by atomic mass is 16.5. The Bertz CT molecular complexity index is 1160. The second-order valence-corrected chi connectivity index (χ2v) is 8.47. The summed E-state index contributed by atoms with van der Waals surface area (Å²) in [7, 11) is 1.81. The van der Waals surface area contributed by atoms with E-state index in [0.717, 1.165) is 60.7 Å². The number of carbonyl (C=O) groups is 1. The highest BCUT2D eigenvalue weighted by Gasteiger charge is 2.16. The number of ether oxygens (including phenoxy) is 1. The number of pyridine rings is 1. The number of hydrogen-bond acceptors (Lipinski definition) is 5. The van der Waals surface area contributed by atoms with Crippen molar-refractivity contribution in [1.82, 2.24) is 25.0 Å². The topological polar surface area (TPSA) is 92.2 Å². The molecule has 0 unspecified atom stereocenters. The summed E-state index contributed by atoms with van der Waals surface area (Å²) >= 11 is 0. The van der Waals surface area contributed by atoms with Crippen molar-refractivity contribution in [2.45, 2.75) is 39.8 Å². The standard InChI is InChI=1S/C24H31N5O3/c1-16-20(24(31)26-23-22(16)17(2)27-28(23)3)8-9-21(30)25-14-18-4-6-19(7-5-18)15-29-10-12-32-13-11-29/h4-7H,8-15H2,1-3H3,(H,25,30)(H,26,31). The molecule has 32 heavy (non-hydrogen) atoms. The van der Waals surface area contributed by atoms with Crippen LogP contribution in [0, 0.1) is 13.8 Å². The van der Waals surface area contributed by atoms with Crippen LogP contribution in [0.15, 0.2) is 29.1 Å². The Labute approximate surface area is 187 Å². The maximum absolute atomic E-state index is 12.5. The lowest BCUT2D eigenvalue weighted by Gasteiger charge is -2.26. The van der Waals surface area contributed by atoms with Gasteiger partial charge in [0, 0.05) is 50.6 Å².